The van der Waals surface area contributed by atoms with Crippen LogP contribution in [-0.4, -0.2) is 34.0 Å². The minimum atomic E-state index is -0.650. The summed E-state index contributed by atoms with van der Waals surface area (Å²) >= 11 is 5.94. The predicted molar refractivity (Wildman–Crippen MR) is 94.4 cm³/mol. The molecule has 4 rings (SSSR count). The molecule has 2 aliphatic rings. The van der Waals surface area contributed by atoms with E-state index >= 15 is 0 Å². The van der Waals surface area contributed by atoms with Crippen LogP contribution in [0.3, 0.4) is 0 Å². The molecule has 2 heterocycles. The molecule has 25 heavy (non-hydrogen) atoms. The maximum Gasteiger partial charge on any atom is 0.311 e. The van der Waals surface area contributed by atoms with Crippen LogP contribution >= 0.6 is 11.6 Å². The monoisotopic (exact) mass is 360 g/mol. The highest BCUT2D eigenvalue weighted by molar-refractivity contribution is 6.30. The van der Waals surface area contributed by atoms with Gasteiger partial charge in [-0.3, -0.25) is 9.69 Å². The van der Waals surface area contributed by atoms with Crippen molar-refractivity contribution < 1.29 is 14.3 Å². The first-order valence-corrected chi connectivity index (χ1v) is 9.04. The third-order valence-electron chi connectivity index (χ3n) is 5.67. The second-order valence-corrected chi connectivity index (χ2v) is 7.69. The molecule has 0 bridgehead atoms. The maximum absolute atomic E-state index is 11.8. The Morgan fingerprint density at radius 3 is 2.88 bits per heavy atom. The van der Waals surface area contributed by atoms with Crippen molar-refractivity contribution in [3.05, 3.63) is 40.9 Å². The van der Waals surface area contributed by atoms with Gasteiger partial charge in [0.2, 0.25) is 5.89 Å². The van der Waals surface area contributed by atoms with E-state index in [1.54, 1.807) is 0 Å². The van der Waals surface area contributed by atoms with Crippen LogP contribution in [0.5, 0.6) is 0 Å². The van der Waals surface area contributed by atoms with Crippen molar-refractivity contribution >= 4 is 17.6 Å². The molecule has 1 aromatic heterocycles. The van der Waals surface area contributed by atoms with Crippen LogP contribution in [0.1, 0.15) is 30.8 Å². The smallest absolute Gasteiger partial charge is 0.311 e. The lowest BCUT2D eigenvalue weighted by Gasteiger charge is -2.23. The number of benzene rings is 1. The van der Waals surface area contributed by atoms with Crippen molar-refractivity contribution in [1.29, 1.82) is 0 Å². The number of hydrogen-bond acceptors (Lipinski definition) is 4. The van der Waals surface area contributed by atoms with E-state index in [0.717, 1.165) is 42.8 Å². The average molecular weight is 361 g/mol. The Morgan fingerprint density at radius 2 is 2.20 bits per heavy atom. The zero-order chi connectivity index (χ0) is 17.6. The van der Waals surface area contributed by atoms with Crippen molar-refractivity contribution in [2.24, 2.45) is 11.3 Å². The molecule has 132 valence electrons. The number of halogens is 1. The molecule has 2 aromatic rings. The van der Waals surface area contributed by atoms with Gasteiger partial charge in [0.05, 0.1) is 17.7 Å². The zero-order valence-electron chi connectivity index (χ0n) is 14.2. The third-order valence-corrected chi connectivity index (χ3v) is 5.93. The number of aryl methyl sites for hydroxylation is 1. The van der Waals surface area contributed by atoms with Crippen LogP contribution in [0.25, 0.3) is 11.3 Å². The summed E-state index contributed by atoms with van der Waals surface area (Å²) in [6.07, 6.45) is 2.80. The second kappa shape index (κ2) is 6.15. The van der Waals surface area contributed by atoms with Crippen LogP contribution < -0.4 is 0 Å². The molecule has 1 N–H and O–H groups in total. The Kier molecular flexibility index (Phi) is 4.08. The van der Waals surface area contributed by atoms with Gasteiger partial charge in [0.25, 0.3) is 0 Å². The number of carboxylic acids is 1. The van der Waals surface area contributed by atoms with Crippen molar-refractivity contribution in [2.45, 2.75) is 32.7 Å². The lowest BCUT2D eigenvalue weighted by atomic mass is 9.81. The third kappa shape index (κ3) is 2.85. The summed E-state index contributed by atoms with van der Waals surface area (Å²) in [5, 5.41) is 10.4. The van der Waals surface area contributed by atoms with Crippen LogP contribution in [0, 0.1) is 18.3 Å². The summed E-state index contributed by atoms with van der Waals surface area (Å²) in [6, 6.07) is 7.49. The first-order valence-electron chi connectivity index (χ1n) is 8.66. The van der Waals surface area contributed by atoms with Crippen molar-refractivity contribution in [2.75, 3.05) is 13.1 Å². The molecule has 1 aliphatic carbocycles. The van der Waals surface area contributed by atoms with Crippen LogP contribution in [-0.2, 0) is 11.3 Å². The lowest BCUT2D eigenvalue weighted by Crippen LogP contribution is -2.35. The van der Waals surface area contributed by atoms with Gasteiger partial charge in [-0.2, -0.15) is 0 Å². The Morgan fingerprint density at radius 1 is 1.44 bits per heavy atom. The summed E-state index contributed by atoms with van der Waals surface area (Å²) < 4.78 is 5.97. The van der Waals surface area contributed by atoms with E-state index in [0.29, 0.717) is 24.0 Å². The first kappa shape index (κ1) is 16.6. The first-order chi connectivity index (χ1) is 12.0. The molecule has 1 saturated carbocycles. The number of aliphatic carboxylic acids is 1. The minimum absolute atomic E-state index is 0.247. The fourth-order valence-electron chi connectivity index (χ4n) is 4.44. The van der Waals surface area contributed by atoms with Gasteiger partial charge >= 0.3 is 5.97 Å². The summed E-state index contributed by atoms with van der Waals surface area (Å²) in [7, 11) is 0. The molecule has 5 nitrogen and oxygen atoms in total. The number of oxazole rings is 1. The van der Waals surface area contributed by atoms with Crippen molar-refractivity contribution in [3.8, 4) is 11.3 Å². The molecule has 0 spiro atoms. The average Bonchev–Trinajstić information content (AvgIpc) is 3.21. The van der Waals surface area contributed by atoms with E-state index in [4.69, 9.17) is 16.0 Å². The van der Waals surface area contributed by atoms with Crippen molar-refractivity contribution in [3.63, 3.8) is 0 Å². The van der Waals surface area contributed by atoms with Gasteiger partial charge in [-0.25, -0.2) is 4.98 Å². The summed E-state index contributed by atoms with van der Waals surface area (Å²) in [5.41, 5.74) is 1.21. The molecular formula is C19H21ClN2O3. The molecule has 1 saturated heterocycles. The van der Waals surface area contributed by atoms with Crippen LogP contribution in [0.2, 0.25) is 5.02 Å². The number of aromatic nitrogens is 1. The number of carboxylic acid groups (broad SMARTS) is 1. The van der Waals surface area contributed by atoms with Crippen LogP contribution in [0.15, 0.2) is 28.7 Å². The molecule has 2 atom stereocenters. The number of nitrogens with zero attached hydrogens (tertiary/aromatic N) is 2. The molecular weight excluding hydrogens is 340 g/mol. The maximum atomic E-state index is 11.8. The molecule has 2 fully saturated rings. The Balaban J connectivity index is 1.52. The van der Waals surface area contributed by atoms with E-state index in [1.807, 2.05) is 31.2 Å². The molecule has 0 unspecified atom stereocenters. The second-order valence-electron chi connectivity index (χ2n) is 7.25. The SMILES string of the molecule is Cc1nc(CN2C[C@@H]3CCC[C@@]3(C(=O)O)C2)oc1-c1ccc(Cl)cc1. The summed E-state index contributed by atoms with van der Waals surface area (Å²) in [4.78, 5) is 18.5. The molecule has 1 aliphatic heterocycles. The minimum Gasteiger partial charge on any atom is -0.481 e. The topological polar surface area (TPSA) is 66.6 Å². The highest BCUT2D eigenvalue weighted by Gasteiger charge is 2.54. The number of rotatable bonds is 4. The summed E-state index contributed by atoms with van der Waals surface area (Å²) in [6.45, 7) is 3.88. The van der Waals surface area contributed by atoms with Gasteiger partial charge in [0, 0.05) is 23.7 Å². The molecule has 0 amide bonds. The fourth-order valence-corrected chi connectivity index (χ4v) is 4.57. The number of fused-ring (bicyclic) bond motifs is 1. The van der Waals surface area contributed by atoms with E-state index < -0.39 is 11.4 Å². The highest BCUT2D eigenvalue weighted by Crippen LogP contribution is 2.49. The van der Waals surface area contributed by atoms with Gasteiger partial charge in [-0.05, 0) is 49.9 Å². The summed E-state index contributed by atoms with van der Waals surface area (Å²) in [5.74, 6) is 0.988. The Hall–Kier alpha value is -1.85. The van der Waals surface area contributed by atoms with E-state index in [1.165, 1.54) is 0 Å². The van der Waals surface area contributed by atoms with Gasteiger partial charge in [-0.15, -0.1) is 0 Å². The fraction of sp³-hybridized carbons (Fsp3) is 0.474. The molecule has 1 aromatic carbocycles. The standard InChI is InChI=1S/C19H21ClN2O3/c1-12-17(13-4-6-15(20)7-5-13)25-16(21-12)10-22-9-14-3-2-8-19(14,11-22)18(23)24/h4-7,14H,2-3,8-11H2,1H3,(H,23,24)/t14-,19+/m0/s1. The Bertz CT molecular complexity index is 802. The predicted octanol–water partition coefficient (Wildman–Crippen LogP) is 3.99. The largest absolute Gasteiger partial charge is 0.481 e. The van der Waals surface area contributed by atoms with E-state index in [9.17, 15) is 9.90 Å². The number of carbonyl (C=O) groups is 1. The van der Waals surface area contributed by atoms with Gasteiger partial charge in [-0.1, -0.05) is 18.0 Å². The lowest BCUT2D eigenvalue weighted by molar-refractivity contribution is -0.149. The number of hydrogen-bond donors (Lipinski definition) is 1. The van der Waals surface area contributed by atoms with Gasteiger partial charge < -0.3 is 9.52 Å². The molecule has 6 heteroatoms. The molecule has 0 radical (unpaired) electrons. The van der Waals surface area contributed by atoms with Gasteiger partial charge in [0.15, 0.2) is 5.76 Å². The van der Waals surface area contributed by atoms with E-state index in [-0.39, 0.29) is 5.92 Å². The van der Waals surface area contributed by atoms with Crippen molar-refractivity contribution in [1.82, 2.24) is 9.88 Å². The Labute approximate surface area is 151 Å². The van der Waals surface area contributed by atoms with Gasteiger partial charge in [0.1, 0.15) is 0 Å². The number of likely N-dealkylation sites (tertiary alicyclic amines) is 1. The van der Waals surface area contributed by atoms with E-state index in [2.05, 4.69) is 9.88 Å². The quantitative estimate of drug-likeness (QED) is 0.892. The van der Waals surface area contributed by atoms with Crippen LogP contribution in [0.4, 0.5) is 0 Å². The highest BCUT2D eigenvalue weighted by atomic mass is 35.5. The normalized spacial score (nSPS) is 26.1. The zero-order valence-corrected chi connectivity index (χ0v) is 14.9.